The van der Waals surface area contributed by atoms with Crippen LogP contribution in [0.25, 0.3) is 0 Å². The summed E-state index contributed by atoms with van der Waals surface area (Å²) in [7, 11) is 0. The van der Waals surface area contributed by atoms with E-state index in [2.05, 4.69) is 5.32 Å². The molecule has 1 aromatic carbocycles. The van der Waals surface area contributed by atoms with Crippen LogP contribution in [-0.4, -0.2) is 40.6 Å². The normalized spacial score (nSPS) is 27.6. The Balaban J connectivity index is 1.82. The summed E-state index contributed by atoms with van der Waals surface area (Å²) in [4.78, 5) is 14.7. The number of halogens is 1. The fourth-order valence-corrected chi connectivity index (χ4v) is 3.86. The minimum atomic E-state index is -0.121. The zero-order valence-corrected chi connectivity index (χ0v) is 12.9. The summed E-state index contributed by atoms with van der Waals surface area (Å²) < 4.78 is 0. The summed E-state index contributed by atoms with van der Waals surface area (Å²) in [5, 5.41) is 14.0. The molecule has 0 spiro atoms. The summed E-state index contributed by atoms with van der Waals surface area (Å²) in [5.41, 5.74) is 0.301. The Morgan fingerprint density at radius 3 is 2.67 bits per heavy atom. The highest BCUT2D eigenvalue weighted by Gasteiger charge is 2.37. The second kappa shape index (κ2) is 5.85. The molecule has 5 heteroatoms. The van der Waals surface area contributed by atoms with Crippen molar-refractivity contribution in [2.75, 3.05) is 6.54 Å². The Hall–Kier alpha value is -1.26. The van der Waals surface area contributed by atoms with E-state index in [1.54, 1.807) is 12.1 Å². The number of hydrogen-bond donors (Lipinski definition) is 2. The number of benzene rings is 1. The van der Waals surface area contributed by atoms with Crippen LogP contribution in [0.2, 0.25) is 5.02 Å². The van der Waals surface area contributed by atoms with Crippen molar-refractivity contribution in [3.05, 3.63) is 28.8 Å². The first kappa shape index (κ1) is 14.7. The first-order chi connectivity index (χ1) is 10.1. The Labute approximate surface area is 130 Å². The number of carbonyl (C=O) groups excluding carboxylic acids is 1. The van der Waals surface area contributed by atoms with Gasteiger partial charge in [-0.15, -0.1) is 0 Å². The van der Waals surface area contributed by atoms with Crippen LogP contribution in [0, 0.1) is 0 Å². The minimum absolute atomic E-state index is 0.000226. The molecule has 1 amide bonds. The number of aromatic hydroxyl groups is 1. The second-order valence-corrected chi connectivity index (χ2v) is 6.45. The molecule has 2 bridgehead atoms. The van der Waals surface area contributed by atoms with Gasteiger partial charge in [-0.05, 0) is 50.8 Å². The number of hydrogen-bond acceptors (Lipinski definition) is 3. The van der Waals surface area contributed by atoms with Gasteiger partial charge in [0.25, 0.3) is 5.91 Å². The number of piperidine rings is 1. The average Bonchev–Trinajstić information content (AvgIpc) is 2.81. The topological polar surface area (TPSA) is 52.6 Å². The molecule has 0 aromatic heterocycles. The number of fused-ring (bicyclic) bond motifs is 2. The summed E-state index contributed by atoms with van der Waals surface area (Å²) in [6, 6.07) is 5.94. The van der Waals surface area contributed by atoms with Crippen molar-refractivity contribution in [3.8, 4) is 5.75 Å². The molecule has 2 N–H and O–H groups in total. The molecule has 2 atom stereocenters. The summed E-state index contributed by atoms with van der Waals surface area (Å²) in [6.45, 7) is 2.64. The van der Waals surface area contributed by atoms with Crippen molar-refractivity contribution in [1.29, 1.82) is 0 Å². The number of nitrogens with zero attached hydrogens (tertiary/aromatic N) is 1. The zero-order valence-electron chi connectivity index (χ0n) is 12.2. The van der Waals surface area contributed by atoms with Gasteiger partial charge in [0, 0.05) is 29.7 Å². The van der Waals surface area contributed by atoms with E-state index in [-0.39, 0.29) is 17.7 Å². The molecule has 1 aromatic rings. The Morgan fingerprint density at radius 1 is 1.38 bits per heavy atom. The third kappa shape index (κ3) is 2.87. The van der Waals surface area contributed by atoms with Crippen LogP contribution in [0.1, 0.15) is 43.0 Å². The van der Waals surface area contributed by atoms with E-state index >= 15 is 0 Å². The summed E-state index contributed by atoms with van der Waals surface area (Å²) >= 11 is 5.96. The number of phenols is 1. The van der Waals surface area contributed by atoms with Crippen molar-refractivity contribution in [2.24, 2.45) is 0 Å². The lowest BCUT2D eigenvalue weighted by Crippen LogP contribution is -2.50. The second-order valence-electron chi connectivity index (χ2n) is 6.02. The molecule has 2 heterocycles. The first-order valence-corrected chi connectivity index (χ1v) is 8.01. The number of rotatable bonds is 3. The molecule has 3 rings (SSSR count). The van der Waals surface area contributed by atoms with E-state index in [0.29, 0.717) is 29.2 Å². The van der Waals surface area contributed by atoms with E-state index in [0.717, 1.165) is 12.8 Å². The molecule has 2 unspecified atom stereocenters. The van der Waals surface area contributed by atoms with Crippen LogP contribution >= 0.6 is 11.6 Å². The van der Waals surface area contributed by atoms with Gasteiger partial charge in [0.15, 0.2) is 0 Å². The van der Waals surface area contributed by atoms with Crippen LogP contribution in [0.15, 0.2) is 18.2 Å². The summed E-state index contributed by atoms with van der Waals surface area (Å²) in [6.07, 6.45) is 4.40. The zero-order chi connectivity index (χ0) is 15.0. The predicted molar refractivity (Wildman–Crippen MR) is 82.8 cm³/mol. The van der Waals surface area contributed by atoms with Crippen LogP contribution < -0.4 is 5.32 Å². The van der Waals surface area contributed by atoms with Crippen LogP contribution in [0.3, 0.4) is 0 Å². The van der Waals surface area contributed by atoms with Crippen molar-refractivity contribution >= 4 is 17.5 Å². The van der Waals surface area contributed by atoms with Gasteiger partial charge in [-0.1, -0.05) is 11.6 Å². The fraction of sp³-hybridized carbons (Fsp3) is 0.562. The molecule has 4 nitrogen and oxygen atoms in total. The van der Waals surface area contributed by atoms with Crippen LogP contribution in [0.5, 0.6) is 5.75 Å². The summed E-state index contributed by atoms with van der Waals surface area (Å²) in [5.74, 6) is -0.122. The SMILES string of the molecule is CCN(C(=O)c1cc(Cl)ccc1O)C1CC2CCC(C1)N2. The standard InChI is InChI=1S/C16H21ClN2O2/c1-2-19(13-8-11-4-5-12(9-13)18-11)16(21)14-7-10(17)3-6-15(14)20/h3,6-7,11-13,18,20H,2,4-5,8-9H2,1H3. The van der Waals surface area contributed by atoms with Gasteiger partial charge in [0.05, 0.1) is 5.56 Å². The molecule has 114 valence electrons. The molecule has 2 aliphatic heterocycles. The smallest absolute Gasteiger partial charge is 0.257 e. The number of phenolic OH excluding ortho intramolecular Hbond substituents is 1. The molecule has 21 heavy (non-hydrogen) atoms. The third-order valence-corrected chi connectivity index (χ3v) is 4.91. The Bertz CT molecular complexity index is 537. The van der Waals surface area contributed by atoms with E-state index in [4.69, 9.17) is 11.6 Å². The highest BCUT2D eigenvalue weighted by atomic mass is 35.5. The van der Waals surface area contributed by atoms with Gasteiger partial charge in [-0.25, -0.2) is 0 Å². The van der Waals surface area contributed by atoms with Gasteiger partial charge in [-0.2, -0.15) is 0 Å². The van der Waals surface area contributed by atoms with Gasteiger partial charge in [0.1, 0.15) is 5.75 Å². The molecular weight excluding hydrogens is 288 g/mol. The third-order valence-electron chi connectivity index (χ3n) is 4.68. The highest BCUT2D eigenvalue weighted by molar-refractivity contribution is 6.31. The lowest BCUT2D eigenvalue weighted by atomic mass is 9.97. The van der Waals surface area contributed by atoms with Crippen molar-refractivity contribution < 1.29 is 9.90 Å². The molecule has 0 saturated carbocycles. The maximum atomic E-state index is 12.8. The number of amides is 1. The maximum Gasteiger partial charge on any atom is 0.257 e. The molecule has 2 saturated heterocycles. The quantitative estimate of drug-likeness (QED) is 0.903. The largest absolute Gasteiger partial charge is 0.507 e. The first-order valence-electron chi connectivity index (χ1n) is 7.64. The lowest BCUT2D eigenvalue weighted by molar-refractivity contribution is 0.0628. The Kier molecular flexibility index (Phi) is 4.09. The molecule has 0 radical (unpaired) electrons. The minimum Gasteiger partial charge on any atom is -0.507 e. The van der Waals surface area contributed by atoms with Crippen LogP contribution in [0.4, 0.5) is 0 Å². The van der Waals surface area contributed by atoms with E-state index in [9.17, 15) is 9.90 Å². The fourth-order valence-electron chi connectivity index (χ4n) is 3.68. The van der Waals surface area contributed by atoms with E-state index in [1.807, 2.05) is 11.8 Å². The van der Waals surface area contributed by atoms with E-state index < -0.39 is 0 Å². The van der Waals surface area contributed by atoms with Gasteiger partial charge in [0.2, 0.25) is 0 Å². The molecule has 2 aliphatic rings. The molecule has 0 aliphatic carbocycles. The predicted octanol–water partition coefficient (Wildman–Crippen LogP) is 2.79. The van der Waals surface area contributed by atoms with Crippen molar-refractivity contribution in [2.45, 2.75) is 50.7 Å². The van der Waals surface area contributed by atoms with Gasteiger partial charge in [-0.3, -0.25) is 4.79 Å². The molecule has 2 fully saturated rings. The van der Waals surface area contributed by atoms with Crippen molar-refractivity contribution in [1.82, 2.24) is 10.2 Å². The Morgan fingerprint density at radius 2 is 2.05 bits per heavy atom. The monoisotopic (exact) mass is 308 g/mol. The van der Waals surface area contributed by atoms with Crippen molar-refractivity contribution in [3.63, 3.8) is 0 Å². The van der Waals surface area contributed by atoms with Gasteiger partial charge < -0.3 is 15.3 Å². The number of nitrogens with one attached hydrogen (secondary N) is 1. The lowest BCUT2D eigenvalue weighted by Gasteiger charge is -2.37. The maximum absolute atomic E-state index is 12.8. The van der Waals surface area contributed by atoms with Crippen LogP contribution in [-0.2, 0) is 0 Å². The average molecular weight is 309 g/mol. The molecular formula is C16H21ClN2O2. The van der Waals surface area contributed by atoms with Gasteiger partial charge >= 0.3 is 0 Å². The number of carbonyl (C=O) groups is 1. The highest BCUT2D eigenvalue weighted by Crippen LogP contribution is 2.31. The van der Waals surface area contributed by atoms with E-state index in [1.165, 1.54) is 18.9 Å².